The van der Waals surface area contributed by atoms with E-state index in [4.69, 9.17) is 4.74 Å². The molecule has 0 bridgehead atoms. The van der Waals surface area contributed by atoms with Crippen molar-refractivity contribution < 1.29 is 27.5 Å². The summed E-state index contributed by atoms with van der Waals surface area (Å²) in [5.74, 6) is 0.194. The molecule has 2 aromatic heterocycles. The number of anilines is 3. The smallest absolute Gasteiger partial charge is 0.290 e. The lowest BCUT2D eigenvalue weighted by Gasteiger charge is -2.23. The Balaban J connectivity index is 1.53. The maximum Gasteiger partial charge on any atom is 0.290 e. The molecule has 0 spiro atoms. The molecule has 1 N–H and O–H groups in total. The molecule has 12 nitrogen and oxygen atoms in total. The number of hydrogen-bond donors (Lipinski definition) is 1. The molecule has 1 aliphatic heterocycles. The summed E-state index contributed by atoms with van der Waals surface area (Å²) >= 11 is 0. The van der Waals surface area contributed by atoms with E-state index in [-0.39, 0.29) is 52.3 Å². The molecule has 3 heterocycles. The van der Waals surface area contributed by atoms with Crippen molar-refractivity contribution in [2.75, 3.05) is 29.6 Å². The fraction of sp³-hybridized carbons (Fsp3) is 0.226. The highest BCUT2D eigenvalue weighted by atomic mass is 32.2. The van der Waals surface area contributed by atoms with Crippen molar-refractivity contribution >= 4 is 45.5 Å². The van der Waals surface area contributed by atoms with Gasteiger partial charge in [-0.2, -0.15) is 5.10 Å². The van der Waals surface area contributed by atoms with Gasteiger partial charge in [0.1, 0.15) is 30.1 Å². The third-order valence-electron chi connectivity index (χ3n) is 7.33. The lowest BCUT2D eigenvalue weighted by atomic mass is 9.85. The molecule has 13 heteroatoms. The van der Waals surface area contributed by atoms with Crippen LogP contribution in [0.4, 0.5) is 17.2 Å². The number of ether oxygens (including phenoxy) is 1. The van der Waals surface area contributed by atoms with Crippen LogP contribution in [-0.2, 0) is 27.1 Å². The van der Waals surface area contributed by atoms with Crippen LogP contribution in [0.2, 0.25) is 0 Å². The molecule has 0 unspecified atom stereocenters. The highest BCUT2D eigenvalue weighted by Gasteiger charge is 2.30. The van der Waals surface area contributed by atoms with Gasteiger partial charge in [-0.1, -0.05) is 18.2 Å². The lowest BCUT2D eigenvalue weighted by Crippen LogP contribution is -2.33. The van der Waals surface area contributed by atoms with Crippen molar-refractivity contribution in [3.05, 3.63) is 87.8 Å². The number of carbonyl (C=O) groups excluding carboxylic acids is 3. The number of carbonyl (C=O) groups is 3. The van der Waals surface area contributed by atoms with Crippen LogP contribution >= 0.6 is 0 Å². The topological polar surface area (TPSA) is 158 Å². The summed E-state index contributed by atoms with van der Waals surface area (Å²) in [6.45, 7) is 3.83. The van der Waals surface area contributed by atoms with Gasteiger partial charge in [0.15, 0.2) is 16.1 Å². The summed E-state index contributed by atoms with van der Waals surface area (Å²) in [5, 5.41) is 7.24. The van der Waals surface area contributed by atoms with E-state index >= 15 is 0 Å². The number of benzene rings is 2. The largest absolute Gasteiger partial charge is 0.491 e. The van der Waals surface area contributed by atoms with Gasteiger partial charge in [0.2, 0.25) is 0 Å². The van der Waals surface area contributed by atoms with Gasteiger partial charge >= 0.3 is 0 Å². The Hall–Kier alpha value is -5.17. The fourth-order valence-electron chi connectivity index (χ4n) is 4.79. The number of nitrogens with one attached hydrogen (secondary N) is 1. The molecule has 0 saturated heterocycles. The van der Waals surface area contributed by atoms with Crippen LogP contribution in [0.25, 0.3) is 11.3 Å². The Morgan fingerprint density at radius 2 is 1.80 bits per heavy atom. The Morgan fingerprint density at radius 3 is 2.45 bits per heavy atom. The predicted molar refractivity (Wildman–Crippen MR) is 164 cm³/mol. The number of pyridine rings is 1. The minimum absolute atomic E-state index is 0.0279. The van der Waals surface area contributed by atoms with E-state index in [0.717, 1.165) is 17.2 Å². The third kappa shape index (κ3) is 5.73. The summed E-state index contributed by atoms with van der Waals surface area (Å²) in [6, 6.07) is 14.3. The standard InChI is InChI=1S/C31H29N5O7S/c1-31(2,18-38)19-8-10-22-27(14-19)43-13-12-36(29(22)39)26-7-5-6-21(23(26)17-37)24-15-25(30(40)35(3)34-24)33-28-11-9-20(16-32-28)44(4,41)42/h5-11,14-18H,12-13H2,1-4H3,(H,32,33). The minimum Gasteiger partial charge on any atom is -0.491 e. The van der Waals surface area contributed by atoms with Crippen LogP contribution in [0.1, 0.15) is 40.1 Å². The second-order valence-electron chi connectivity index (χ2n) is 10.9. The summed E-state index contributed by atoms with van der Waals surface area (Å²) in [6.07, 6.45) is 3.72. The number of nitrogens with zero attached hydrogens (tertiary/aromatic N) is 4. The minimum atomic E-state index is -3.45. The number of aromatic nitrogens is 3. The SMILES string of the molecule is Cn1nc(-c2cccc(N3CCOc4cc(C(C)(C)C=O)ccc4C3=O)c2C=O)cc(Nc2ccc(S(C)(=O)=O)cn2)c1=O. The zero-order valence-electron chi connectivity index (χ0n) is 24.4. The molecule has 0 saturated carbocycles. The molecule has 1 aliphatic rings. The molecule has 5 rings (SSSR count). The Kier molecular flexibility index (Phi) is 7.91. The predicted octanol–water partition coefficient (Wildman–Crippen LogP) is 3.32. The van der Waals surface area contributed by atoms with Gasteiger partial charge in [-0.05, 0) is 55.8 Å². The van der Waals surface area contributed by atoms with Crippen molar-refractivity contribution in [1.82, 2.24) is 14.8 Å². The monoisotopic (exact) mass is 615 g/mol. The van der Waals surface area contributed by atoms with E-state index in [1.165, 1.54) is 36.3 Å². The van der Waals surface area contributed by atoms with Crippen molar-refractivity contribution in [2.24, 2.45) is 7.05 Å². The van der Waals surface area contributed by atoms with Crippen molar-refractivity contribution in [3.63, 3.8) is 0 Å². The first kappa shape index (κ1) is 30.3. The van der Waals surface area contributed by atoms with Gasteiger partial charge in [-0.25, -0.2) is 18.1 Å². The Morgan fingerprint density at radius 1 is 1.02 bits per heavy atom. The summed E-state index contributed by atoms with van der Waals surface area (Å²) < 4.78 is 30.5. The molecule has 0 aliphatic carbocycles. The Labute approximate surface area is 253 Å². The normalized spacial score (nSPS) is 13.5. The van der Waals surface area contributed by atoms with Gasteiger partial charge in [0, 0.05) is 36.0 Å². The van der Waals surface area contributed by atoms with Gasteiger partial charge in [0.25, 0.3) is 11.5 Å². The lowest BCUT2D eigenvalue weighted by molar-refractivity contribution is -0.111. The quantitative estimate of drug-likeness (QED) is 0.292. The average molecular weight is 616 g/mol. The highest BCUT2D eigenvalue weighted by molar-refractivity contribution is 7.90. The van der Waals surface area contributed by atoms with Crippen molar-refractivity contribution in [2.45, 2.75) is 24.2 Å². The van der Waals surface area contributed by atoms with Crippen LogP contribution in [0.3, 0.4) is 0 Å². The van der Waals surface area contributed by atoms with Crippen molar-refractivity contribution in [3.8, 4) is 17.0 Å². The molecule has 2 aromatic carbocycles. The maximum atomic E-state index is 13.8. The third-order valence-corrected chi connectivity index (χ3v) is 8.42. The molecular formula is C31H29N5O7S. The highest BCUT2D eigenvalue weighted by Crippen LogP contribution is 2.35. The fourth-order valence-corrected chi connectivity index (χ4v) is 5.35. The van der Waals surface area contributed by atoms with Crippen LogP contribution in [-0.4, -0.2) is 61.1 Å². The van der Waals surface area contributed by atoms with Gasteiger partial charge < -0.3 is 19.7 Å². The van der Waals surface area contributed by atoms with E-state index < -0.39 is 20.8 Å². The van der Waals surface area contributed by atoms with E-state index in [1.807, 2.05) is 0 Å². The number of amides is 1. The number of sulfone groups is 1. The number of rotatable bonds is 8. The van der Waals surface area contributed by atoms with Gasteiger partial charge in [-0.15, -0.1) is 0 Å². The molecule has 44 heavy (non-hydrogen) atoms. The summed E-state index contributed by atoms with van der Waals surface area (Å²) in [4.78, 5) is 56.4. The van der Waals surface area contributed by atoms with Crippen LogP contribution < -0.4 is 20.5 Å². The molecule has 226 valence electrons. The van der Waals surface area contributed by atoms with Crippen LogP contribution in [0.5, 0.6) is 5.75 Å². The molecule has 0 fully saturated rings. The first-order valence-electron chi connectivity index (χ1n) is 13.5. The second-order valence-corrected chi connectivity index (χ2v) is 12.9. The Bertz CT molecular complexity index is 1970. The first-order valence-corrected chi connectivity index (χ1v) is 15.4. The maximum absolute atomic E-state index is 13.8. The van der Waals surface area contributed by atoms with E-state index in [9.17, 15) is 27.6 Å². The zero-order valence-corrected chi connectivity index (χ0v) is 25.2. The molecule has 0 radical (unpaired) electrons. The van der Waals surface area contributed by atoms with E-state index in [2.05, 4.69) is 15.4 Å². The summed E-state index contributed by atoms with van der Waals surface area (Å²) in [5.41, 5.74) is 0.977. The van der Waals surface area contributed by atoms with E-state index in [1.54, 1.807) is 50.2 Å². The number of hydrogen-bond acceptors (Lipinski definition) is 10. The first-order chi connectivity index (χ1) is 20.8. The van der Waals surface area contributed by atoms with Crippen LogP contribution in [0.15, 0.2) is 70.5 Å². The number of aldehydes is 2. The average Bonchev–Trinajstić information content (AvgIpc) is 3.16. The molecule has 4 aromatic rings. The molecule has 0 atom stereocenters. The van der Waals surface area contributed by atoms with Crippen molar-refractivity contribution in [1.29, 1.82) is 0 Å². The van der Waals surface area contributed by atoms with E-state index in [0.29, 0.717) is 28.8 Å². The van der Waals surface area contributed by atoms with Gasteiger partial charge in [-0.3, -0.25) is 14.4 Å². The number of fused-ring (bicyclic) bond motifs is 1. The van der Waals surface area contributed by atoms with Crippen LogP contribution in [0, 0.1) is 0 Å². The second kappa shape index (κ2) is 11.5. The summed E-state index contributed by atoms with van der Waals surface area (Å²) in [7, 11) is -2.00. The molecule has 1 amide bonds. The molecular weight excluding hydrogens is 586 g/mol. The number of aryl methyl sites for hydroxylation is 1. The zero-order chi connectivity index (χ0) is 31.8. The van der Waals surface area contributed by atoms with Gasteiger partial charge in [0.05, 0.1) is 28.4 Å².